The van der Waals surface area contributed by atoms with E-state index < -0.39 is 0 Å². The fourth-order valence-electron chi connectivity index (χ4n) is 1.47. The summed E-state index contributed by atoms with van der Waals surface area (Å²) in [7, 11) is 2.11. The number of nitrogens with two attached hydrogens (primary N) is 1. The van der Waals surface area contributed by atoms with Crippen molar-refractivity contribution in [2.75, 3.05) is 20.1 Å². The molecule has 3 heteroatoms. The Morgan fingerprint density at radius 1 is 1.47 bits per heavy atom. The zero-order chi connectivity index (χ0) is 11.3. The lowest BCUT2D eigenvalue weighted by Gasteiger charge is -2.17. The first-order chi connectivity index (χ1) is 7.11. The minimum Gasteiger partial charge on any atom is -0.465 e. The highest BCUT2D eigenvalue weighted by atomic mass is 16.3. The van der Waals surface area contributed by atoms with Gasteiger partial charge in [0.15, 0.2) is 0 Å². The molecule has 3 nitrogen and oxygen atoms in total. The Morgan fingerprint density at radius 2 is 2.20 bits per heavy atom. The minimum absolute atomic E-state index is 0.603. The van der Waals surface area contributed by atoms with Gasteiger partial charge in [0.1, 0.15) is 11.5 Å². The summed E-state index contributed by atoms with van der Waals surface area (Å²) in [5.41, 5.74) is 5.58. The van der Waals surface area contributed by atoms with Crippen LogP contribution in [0.15, 0.2) is 16.5 Å². The fraction of sp³-hybridized carbons (Fsp3) is 0.667. The molecule has 0 saturated carbocycles. The van der Waals surface area contributed by atoms with E-state index in [2.05, 4.69) is 18.9 Å². The molecule has 0 amide bonds. The van der Waals surface area contributed by atoms with Gasteiger partial charge >= 0.3 is 0 Å². The van der Waals surface area contributed by atoms with E-state index in [9.17, 15) is 0 Å². The topological polar surface area (TPSA) is 42.4 Å². The average molecular weight is 210 g/mol. The summed E-state index contributed by atoms with van der Waals surface area (Å²) in [5.74, 6) is 2.62. The van der Waals surface area contributed by atoms with Crippen molar-refractivity contribution in [3.63, 3.8) is 0 Å². The van der Waals surface area contributed by atoms with Crippen LogP contribution in [0.2, 0.25) is 0 Å². The smallest absolute Gasteiger partial charge is 0.118 e. The van der Waals surface area contributed by atoms with Gasteiger partial charge in [-0.15, -0.1) is 0 Å². The molecule has 2 N–H and O–H groups in total. The molecule has 0 aliphatic rings. The normalized spacial score (nSPS) is 13.4. The van der Waals surface area contributed by atoms with Crippen LogP contribution in [0.1, 0.15) is 24.9 Å². The Morgan fingerprint density at radius 3 is 2.73 bits per heavy atom. The Bertz CT molecular complexity index is 283. The lowest BCUT2D eigenvalue weighted by molar-refractivity contribution is 0.273. The van der Waals surface area contributed by atoms with Gasteiger partial charge in [-0.2, -0.15) is 0 Å². The summed E-state index contributed by atoms with van der Waals surface area (Å²) >= 11 is 0. The molecule has 0 spiro atoms. The highest BCUT2D eigenvalue weighted by Crippen LogP contribution is 2.09. The SMILES string of the molecule is Cc1ccc(CN(C)CCC(C)CN)o1. The van der Waals surface area contributed by atoms with Gasteiger partial charge in [-0.05, 0) is 51.5 Å². The fourth-order valence-corrected chi connectivity index (χ4v) is 1.47. The maximum Gasteiger partial charge on any atom is 0.118 e. The zero-order valence-electron chi connectivity index (χ0n) is 9.99. The third kappa shape index (κ3) is 4.49. The second-order valence-corrected chi connectivity index (χ2v) is 4.38. The second-order valence-electron chi connectivity index (χ2n) is 4.38. The van der Waals surface area contributed by atoms with E-state index in [1.54, 1.807) is 0 Å². The van der Waals surface area contributed by atoms with E-state index in [0.29, 0.717) is 5.92 Å². The predicted octanol–water partition coefficient (Wildman–Crippen LogP) is 2.00. The second kappa shape index (κ2) is 5.93. The molecule has 0 fully saturated rings. The first-order valence-corrected chi connectivity index (χ1v) is 5.55. The Balaban J connectivity index is 2.27. The van der Waals surface area contributed by atoms with Crippen LogP contribution < -0.4 is 5.73 Å². The summed E-state index contributed by atoms with van der Waals surface area (Å²) in [6.07, 6.45) is 1.15. The van der Waals surface area contributed by atoms with Gasteiger partial charge in [0.05, 0.1) is 6.54 Å². The largest absolute Gasteiger partial charge is 0.465 e. The Hall–Kier alpha value is -0.800. The molecule has 0 aliphatic heterocycles. The van der Waals surface area contributed by atoms with Crippen LogP contribution in [-0.4, -0.2) is 25.0 Å². The van der Waals surface area contributed by atoms with Crippen LogP contribution in [0.4, 0.5) is 0 Å². The van der Waals surface area contributed by atoms with Crippen LogP contribution in [-0.2, 0) is 6.54 Å². The summed E-state index contributed by atoms with van der Waals surface area (Å²) in [5, 5.41) is 0. The zero-order valence-corrected chi connectivity index (χ0v) is 9.99. The van der Waals surface area contributed by atoms with Crippen LogP contribution in [0.3, 0.4) is 0 Å². The summed E-state index contributed by atoms with van der Waals surface area (Å²) < 4.78 is 5.52. The first kappa shape index (κ1) is 12.3. The van der Waals surface area contributed by atoms with Crippen molar-refractivity contribution in [3.05, 3.63) is 23.7 Å². The number of rotatable bonds is 6. The van der Waals surface area contributed by atoms with Gasteiger partial charge in [-0.3, -0.25) is 4.90 Å². The molecule has 86 valence electrons. The molecule has 0 radical (unpaired) electrons. The van der Waals surface area contributed by atoms with Crippen molar-refractivity contribution in [1.29, 1.82) is 0 Å². The Kier molecular flexibility index (Phi) is 4.85. The maximum absolute atomic E-state index is 5.58. The van der Waals surface area contributed by atoms with Crippen molar-refractivity contribution in [3.8, 4) is 0 Å². The quantitative estimate of drug-likeness (QED) is 0.781. The molecule has 1 heterocycles. The van der Waals surface area contributed by atoms with Crippen LogP contribution in [0.5, 0.6) is 0 Å². The van der Waals surface area contributed by atoms with Gasteiger partial charge in [-0.25, -0.2) is 0 Å². The molecular weight excluding hydrogens is 188 g/mol. The molecule has 1 aromatic heterocycles. The van der Waals surface area contributed by atoms with E-state index in [0.717, 1.165) is 37.6 Å². The molecule has 1 atom stereocenters. The number of furan rings is 1. The van der Waals surface area contributed by atoms with E-state index in [1.165, 1.54) is 0 Å². The third-order valence-corrected chi connectivity index (χ3v) is 2.63. The molecule has 15 heavy (non-hydrogen) atoms. The van der Waals surface area contributed by atoms with E-state index in [1.807, 2.05) is 19.1 Å². The highest BCUT2D eigenvalue weighted by Gasteiger charge is 2.05. The molecule has 0 aromatic carbocycles. The Labute approximate surface area is 92.2 Å². The standard InChI is InChI=1S/C12H22N2O/c1-10(8-13)6-7-14(3)9-12-5-4-11(2)15-12/h4-5,10H,6-9,13H2,1-3H3. The molecular formula is C12H22N2O. The van der Waals surface area contributed by atoms with Gasteiger partial charge in [-0.1, -0.05) is 6.92 Å². The lowest BCUT2D eigenvalue weighted by atomic mass is 10.1. The highest BCUT2D eigenvalue weighted by molar-refractivity contribution is 5.05. The van der Waals surface area contributed by atoms with Crippen molar-refractivity contribution in [1.82, 2.24) is 4.90 Å². The minimum atomic E-state index is 0.603. The summed E-state index contributed by atoms with van der Waals surface area (Å²) in [6.45, 7) is 6.88. The van der Waals surface area contributed by atoms with Gasteiger partial charge in [0.25, 0.3) is 0 Å². The molecule has 0 saturated heterocycles. The molecule has 0 bridgehead atoms. The lowest BCUT2D eigenvalue weighted by Crippen LogP contribution is -2.22. The van der Waals surface area contributed by atoms with Crippen molar-refractivity contribution in [2.45, 2.75) is 26.8 Å². The molecule has 1 aromatic rings. The van der Waals surface area contributed by atoms with E-state index >= 15 is 0 Å². The molecule has 1 rings (SSSR count). The van der Waals surface area contributed by atoms with Crippen LogP contribution >= 0.6 is 0 Å². The first-order valence-electron chi connectivity index (χ1n) is 5.55. The van der Waals surface area contributed by atoms with Gasteiger partial charge in [0, 0.05) is 0 Å². The van der Waals surface area contributed by atoms with E-state index in [-0.39, 0.29) is 0 Å². The van der Waals surface area contributed by atoms with Crippen molar-refractivity contribution in [2.24, 2.45) is 11.7 Å². The van der Waals surface area contributed by atoms with E-state index in [4.69, 9.17) is 10.2 Å². The third-order valence-electron chi connectivity index (χ3n) is 2.63. The number of hydrogen-bond acceptors (Lipinski definition) is 3. The number of hydrogen-bond donors (Lipinski definition) is 1. The number of nitrogens with zero attached hydrogens (tertiary/aromatic N) is 1. The van der Waals surface area contributed by atoms with Crippen molar-refractivity contribution >= 4 is 0 Å². The number of aryl methyl sites for hydroxylation is 1. The average Bonchev–Trinajstić information content (AvgIpc) is 2.60. The van der Waals surface area contributed by atoms with Crippen LogP contribution in [0.25, 0.3) is 0 Å². The van der Waals surface area contributed by atoms with Crippen LogP contribution in [0, 0.1) is 12.8 Å². The maximum atomic E-state index is 5.58. The molecule has 1 unspecified atom stereocenters. The van der Waals surface area contributed by atoms with Gasteiger partial charge < -0.3 is 10.2 Å². The monoisotopic (exact) mass is 210 g/mol. The van der Waals surface area contributed by atoms with Crippen molar-refractivity contribution < 1.29 is 4.42 Å². The molecule has 0 aliphatic carbocycles. The predicted molar refractivity (Wildman–Crippen MR) is 62.6 cm³/mol. The van der Waals surface area contributed by atoms with Gasteiger partial charge in [0.2, 0.25) is 0 Å². The summed E-state index contributed by atoms with van der Waals surface area (Å²) in [4.78, 5) is 2.27. The summed E-state index contributed by atoms with van der Waals surface area (Å²) in [6, 6.07) is 4.05.